The van der Waals surface area contributed by atoms with Crippen LogP contribution in [-0.2, 0) is 4.79 Å². The lowest BCUT2D eigenvalue weighted by Gasteiger charge is -2.09. The summed E-state index contributed by atoms with van der Waals surface area (Å²) in [5.74, 6) is 0. The Morgan fingerprint density at radius 2 is 2.00 bits per heavy atom. The second kappa shape index (κ2) is 3.85. The Morgan fingerprint density at radius 1 is 1.56 bits per heavy atom. The predicted molar refractivity (Wildman–Crippen MR) is 44.6 cm³/mol. The molecule has 0 radical (unpaired) electrons. The molecule has 0 fully saturated rings. The van der Waals surface area contributed by atoms with Gasteiger partial charge in [0.05, 0.1) is 0 Å². The van der Waals surface area contributed by atoms with Crippen LogP contribution in [0.15, 0.2) is 0 Å². The summed E-state index contributed by atoms with van der Waals surface area (Å²) < 4.78 is 0.613. The van der Waals surface area contributed by atoms with Crippen molar-refractivity contribution in [3.8, 4) is 0 Å². The van der Waals surface area contributed by atoms with E-state index < -0.39 is 0 Å². The number of carbonyl (C=O) groups is 1. The summed E-state index contributed by atoms with van der Waals surface area (Å²) in [4.78, 5) is 12.1. The molecule has 52 valence electrons. The van der Waals surface area contributed by atoms with Crippen molar-refractivity contribution in [1.82, 2.24) is 4.90 Å². The fraction of sp³-hybridized carbons (Fsp3) is 0.600. The van der Waals surface area contributed by atoms with Gasteiger partial charge < -0.3 is 4.90 Å². The van der Waals surface area contributed by atoms with Crippen LogP contribution in [0.4, 0.5) is 0 Å². The molecule has 0 heterocycles. The molecule has 0 bridgehead atoms. The van der Waals surface area contributed by atoms with Crippen LogP contribution in [0, 0.1) is 0 Å². The van der Waals surface area contributed by atoms with Gasteiger partial charge in [-0.05, 0) is 11.8 Å². The van der Waals surface area contributed by atoms with Gasteiger partial charge in [-0.25, -0.2) is 0 Å². The topological polar surface area (TPSA) is 20.3 Å². The van der Waals surface area contributed by atoms with E-state index in [1.54, 1.807) is 4.90 Å². The van der Waals surface area contributed by atoms with E-state index in [9.17, 15) is 4.79 Å². The molecule has 0 aromatic heterocycles. The summed E-state index contributed by atoms with van der Waals surface area (Å²) in [5.41, 5.74) is 0. The van der Waals surface area contributed by atoms with E-state index in [-0.39, 0.29) is 5.12 Å². The van der Waals surface area contributed by atoms with Crippen molar-refractivity contribution in [1.29, 1.82) is 0 Å². The van der Waals surface area contributed by atoms with Crippen LogP contribution in [0.2, 0.25) is 0 Å². The number of nitrogens with zero attached hydrogens (tertiary/aromatic N) is 1. The first-order valence-electron chi connectivity index (χ1n) is 2.43. The molecular formula is C5H9NOS2. The van der Waals surface area contributed by atoms with E-state index in [4.69, 9.17) is 12.2 Å². The Bertz CT molecular complexity index is 133. The SMILES string of the molecule is CC(=O)SC(=S)N(C)C. The molecule has 0 amide bonds. The fourth-order valence-electron chi connectivity index (χ4n) is 0.214. The van der Waals surface area contributed by atoms with Gasteiger partial charge in [-0.15, -0.1) is 0 Å². The Labute approximate surface area is 64.6 Å². The number of hydrogen-bond acceptors (Lipinski definition) is 3. The van der Waals surface area contributed by atoms with Crippen LogP contribution in [0.3, 0.4) is 0 Å². The van der Waals surface area contributed by atoms with Crippen molar-refractivity contribution in [2.24, 2.45) is 0 Å². The molecule has 0 rings (SSSR count). The van der Waals surface area contributed by atoms with Crippen LogP contribution >= 0.6 is 24.0 Å². The first kappa shape index (κ1) is 8.91. The summed E-state index contributed by atoms with van der Waals surface area (Å²) in [7, 11) is 3.64. The summed E-state index contributed by atoms with van der Waals surface area (Å²) in [6.45, 7) is 1.50. The largest absolute Gasteiger partial charge is 0.363 e. The number of hydrogen-bond donors (Lipinski definition) is 0. The lowest BCUT2D eigenvalue weighted by Crippen LogP contribution is -2.17. The molecule has 0 aromatic rings. The maximum absolute atomic E-state index is 10.4. The van der Waals surface area contributed by atoms with E-state index in [1.807, 2.05) is 14.1 Å². The van der Waals surface area contributed by atoms with Gasteiger partial charge in [0.2, 0.25) is 0 Å². The number of thiocarbonyl (C=S) groups is 1. The van der Waals surface area contributed by atoms with E-state index in [2.05, 4.69) is 0 Å². The number of rotatable bonds is 0. The molecule has 0 N–H and O–H groups in total. The van der Waals surface area contributed by atoms with Gasteiger partial charge in [0, 0.05) is 21.0 Å². The van der Waals surface area contributed by atoms with Gasteiger partial charge in [0.25, 0.3) is 0 Å². The number of carbonyl (C=O) groups excluding carboxylic acids is 1. The molecule has 0 unspecified atom stereocenters. The molecule has 4 heteroatoms. The normalized spacial score (nSPS) is 8.78. The summed E-state index contributed by atoms with van der Waals surface area (Å²) in [5, 5.41) is 0.0358. The van der Waals surface area contributed by atoms with Gasteiger partial charge in [-0.1, -0.05) is 12.2 Å². The van der Waals surface area contributed by atoms with Crippen LogP contribution < -0.4 is 0 Å². The van der Waals surface area contributed by atoms with Crippen molar-refractivity contribution in [3.05, 3.63) is 0 Å². The molecule has 0 aromatic carbocycles. The molecule has 0 saturated heterocycles. The first-order chi connectivity index (χ1) is 4.04. The highest BCUT2D eigenvalue weighted by atomic mass is 32.2. The Hall–Kier alpha value is -0.0900. The minimum Gasteiger partial charge on any atom is -0.363 e. The Balaban J connectivity index is 3.64. The maximum atomic E-state index is 10.4. The second-order valence-electron chi connectivity index (χ2n) is 1.75. The molecular weight excluding hydrogens is 154 g/mol. The van der Waals surface area contributed by atoms with Crippen LogP contribution in [0.1, 0.15) is 6.92 Å². The monoisotopic (exact) mass is 163 g/mol. The van der Waals surface area contributed by atoms with Crippen LogP contribution in [-0.4, -0.2) is 28.4 Å². The highest BCUT2D eigenvalue weighted by Crippen LogP contribution is 2.06. The van der Waals surface area contributed by atoms with Crippen molar-refractivity contribution >= 4 is 33.4 Å². The molecule has 0 atom stereocenters. The third kappa shape index (κ3) is 4.42. The first-order valence-corrected chi connectivity index (χ1v) is 3.66. The van der Waals surface area contributed by atoms with Crippen molar-refractivity contribution in [2.45, 2.75) is 6.92 Å². The summed E-state index contributed by atoms with van der Waals surface area (Å²) >= 11 is 5.90. The van der Waals surface area contributed by atoms with Crippen LogP contribution in [0.25, 0.3) is 0 Å². The lowest BCUT2D eigenvalue weighted by atomic mass is 10.9. The average molecular weight is 163 g/mol. The molecule has 0 aliphatic heterocycles. The predicted octanol–water partition coefficient (Wildman–Crippen LogP) is 1.11. The zero-order valence-electron chi connectivity index (χ0n) is 5.67. The standard InChI is InChI=1S/C5H9NOS2/c1-4(7)9-5(8)6(2)3/h1-3H3. The Morgan fingerprint density at radius 3 is 2.11 bits per heavy atom. The molecule has 9 heavy (non-hydrogen) atoms. The van der Waals surface area contributed by atoms with Crippen molar-refractivity contribution in [3.63, 3.8) is 0 Å². The molecule has 0 aliphatic carbocycles. The smallest absolute Gasteiger partial charge is 0.192 e. The van der Waals surface area contributed by atoms with E-state index in [1.165, 1.54) is 6.92 Å². The molecule has 2 nitrogen and oxygen atoms in total. The van der Waals surface area contributed by atoms with Gasteiger partial charge in [0.1, 0.15) is 4.32 Å². The van der Waals surface area contributed by atoms with Crippen molar-refractivity contribution in [2.75, 3.05) is 14.1 Å². The van der Waals surface area contributed by atoms with Crippen LogP contribution in [0.5, 0.6) is 0 Å². The van der Waals surface area contributed by atoms with E-state index in [0.717, 1.165) is 11.8 Å². The molecule has 0 aliphatic rings. The van der Waals surface area contributed by atoms with Gasteiger partial charge in [0.15, 0.2) is 5.12 Å². The van der Waals surface area contributed by atoms with Crippen molar-refractivity contribution < 1.29 is 4.79 Å². The second-order valence-corrected chi connectivity index (χ2v) is 3.56. The van der Waals surface area contributed by atoms with E-state index in [0.29, 0.717) is 4.32 Å². The third-order valence-electron chi connectivity index (χ3n) is 0.596. The summed E-state index contributed by atoms with van der Waals surface area (Å²) in [6.07, 6.45) is 0. The van der Waals surface area contributed by atoms with Gasteiger partial charge in [-0.3, -0.25) is 4.79 Å². The summed E-state index contributed by atoms with van der Waals surface area (Å²) in [6, 6.07) is 0. The maximum Gasteiger partial charge on any atom is 0.192 e. The zero-order chi connectivity index (χ0) is 7.44. The molecule has 0 saturated carbocycles. The van der Waals surface area contributed by atoms with Gasteiger partial charge in [-0.2, -0.15) is 0 Å². The van der Waals surface area contributed by atoms with Gasteiger partial charge >= 0.3 is 0 Å². The lowest BCUT2D eigenvalue weighted by molar-refractivity contribution is -0.109. The fourth-order valence-corrected chi connectivity index (χ4v) is 0.995. The quantitative estimate of drug-likeness (QED) is 0.498. The Kier molecular flexibility index (Phi) is 3.81. The zero-order valence-corrected chi connectivity index (χ0v) is 7.30. The minimum absolute atomic E-state index is 0.0358. The third-order valence-corrected chi connectivity index (χ3v) is 2.04. The molecule has 0 spiro atoms. The highest BCUT2D eigenvalue weighted by Gasteiger charge is 2.01. The number of thioether (sulfide) groups is 1. The average Bonchev–Trinajstić information content (AvgIpc) is 1.63. The highest BCUT2D eigenvalue weighted by molar-refractivity contribution is 8.32. The minimum atomic E-state index is 0.0358. The van der Waals surface area contributed by atoms with E-state index >= 15 is 0 Å².